The van der Waals surface area contributed by atoms with E-state index in [4.69, 9.17) is 52.1 Å². The molecule has 20 saturated carbocycles. The van der Waals surface area contributed by atoms with Gasteiger partial charge in [-0.1, -0.05) is 110 Å². The van der Waals surface area contributed by atoms with Crippen molar-refractivity contribution in [2.45, 2.75) is 425 Å². The molecule has 0 radical (unpaired) electrons. The summed E-state index contributed by atoms with van der Waals surface area (Å²) in [5.41, 5.74) is 1.52. The number of hydrogen-bond donors (Lipinski definition) is 0. The van der Waals surface area contributed by atoms with E-state index in [1.807, 2.05) is 48.5 Å². The number of carbonyl (C=O) groups excluding carboxylic acids is 7. The second-order valence-electron chi connectivity index (χ2n) is 42.7. The SMILES string of the molecule is C=C(C)C(=O)OC(C)(C)C1CCCCC1.C=C(C)C(=O)OC(C)(C1CCCCC1)C1CCCCC1.C=C(C)C(=O)OC(C)OC12CC3CC(CC(C3)C1)C2.C=C(C)C(=O)OC(C)OC1C2CC3CC(C2)CC1C3.C=C(C)C(=O)OC1(C)CCCCC1.C=CC(=O)OC(C)OC12CC3CC(CC(C3)C1)C2.C=CC(=O)OC(C)OC1C2CC3CC(C2)CC1C3. The second-order valence-corrected chi connectivity index (χ2v) is 42.7. The molecule has 0 N–H and O–H groups in total. The lowest BCUT2D eigenvalue weighted by molar-refractivity contribution is -0.244. The molecule has 0 spiro atoms. The molecule has 20 aliphatic rings. The standard InChI is InChI=1S/C18H30O2.2C16H24O3.2C15H22O3.C13H22O2.C11H18O2/c1-14(2)17(19)20-18(3,15-10-6-4-7-11-15)16-12-8-5-9-13-16;1-10(2)15(17)18-11(3)19-16-7-12-4-13(8-16)6-14(5-12)9-16;1-9(2)16(17)19-10(3)18-15-13-5-11-4-12(7-13)8-14(15)6-11;1-3-14(16)17-10(2)18-15-7-11-4-12(8-15)6-13(5-11)9-15;1-3-14(16)17-9(2)18-15-12-5-10-4-11(7-12)8-13(15)6-10;1-10(2)12(14)15-13(3,4)11-8-6-5-7-9-11;1-9(2)10(12)13-11(3)7-5-4-6-8-11/h15-16H,1,4-13H2,2-3H3;11-14H,1,4-9H2,2-3H3;10-15H,1,4-8H2,2-3H3;3,10-13H,1,4-9H2,2H3;3,9-13,15H,1,4-8H2,2H3;11H,1,5-9H2,2-4H3;1,4-8H2,2-3H3. The fourth-order valence-corrected chi connectivity index (χ4v) is 26.8. The van der Waals surface area contributed by atoms with Gasteiger partial charge in [-0.15, -0.1) is 0 Å². The molecule has 4 atom stereocenters. The minimum atomic E-state index is -0.458. The number of ether oxygens (including phenoxy) is 11. The van der Waals surface area contributed by atoms with E-state index in [0.717, 1.165) is 111 Å². The van der Waals surface area contributed by atoms with E-state index in [1.54, 1.807) is 34.6 Å². The van der Waals surface area contributed by atoms with Crippen LogP contribution in [-0.4, -0.2) is 107 Å². The minimum absolute atomic E-state index is 0.00435. The lowest BCUT2D eigenvalue weighted by Gasteiger charge is -2.56. The Labute approximate surface area is 735 Å². The summed E-state index contributed by atoms with van der Waals surface area (Å²) in [6, 6.07) is 0. The van der Waals surface area contributed by atoms with Crippen LogP contribution in [0, 0.1) is 101 Å². The first-order valence-electron chi connectivity index (χ1n) is 48.4. The van der Waals surface area contributed by atoms with Gasteiger partial charge in [-0.05, 0) is 396 Å². The summed E-state index contributed by atoms with van der Waals surface area (Å²) in [4.78, 5) is 80.3. The predicted octanol–water partition coefficient (Wildman–Crippen LogP) is 24.0. The first-order chi connectivity index (χ1) is 57.7. The van der Waals surface area contributed by atoms with Gasteiger partial charge in [0, 0.05) is 40.0 Å². The van der Waals surface area contributed by atoms with Crippen molar-refractivity contribution >= 4 is 41.8 Å². The smallest absolute Gasteiger partial charge is 0.335 e. The van der Waals surface area contributed by atoms with Gasteiger partial charge in [0.1, 0.15) is 16.8 Å². The molecule has 0 aromatic heterocycles. The van der Waals surface area contributed by atoms with Crippen molar-refractivity contribution in [3.63, 3.8) is 0 Å². The topological polar surface area (TPSA) is 221 Å². The van der Waals surface area contributed by atoms with Crippen LogP contribution in [0.1, 0.15) is 360 Å². The van der Waals surface area contributed by atoms with Crippen LogP contribution in [0.5, 0.6) is 0 Å². The highest BCUT2D eigenvalue weighted by molar-refractivity contribution is 5.89. The average Bonchev–Trinajstić information content (AvgIpc) is 0.981. The van der Waals surface area contributed by atoms with E-state index in [2.05, 4.69) is 53.0 Å². The highest BCUT2D eigenvalue weighted by Crippen LogP contribution is 2.61. The van der Waals surface area contributed by atoms with Gasteiger partial charge in [-0.2, -0.15) is 0 Å². The molecular weight excluding hydrogens is 1540 g/mol. The Balaban J connectivity index is 0.000000150. The predicted molar refractivity (Wildman–Crippen MR) is 476 cm³/mol. The van der Waals surface area contributed by atoms with Crippen LogP contribution >= 0.6 is 0 Å². The van der Waals surface area contributed by atoms with Gasteiger partial charge < -0.3 is 52.1 Å². The van der Waals surface area contributed by atoms with Gasteiger partial charge >= 0.3 is 41.8 Å². The van der Waals surface area contributed by atoms with Crippen molar-refractivity contribution < 1.29 is 85.7 Å². The van der Waals surface area contributed by atoms with Crippen molar-refractivity contribution in [3.05, 3.63) is 86.1 Å². The molecule has 16 bridgehead atoms. The first kappa shape index (κ1) is 98.5. The lowest BCUT2D eigenvalue weighted by Crippen LogP contribution is -2.53. The molecule has 18 heteroatoms. The number of esters is 7. The normalized spacial score (nSPS) is 33.5. The molecule has 0 aromatic carbocycles. The van der Waals surface area contributed by atoms with Gasteiger partial charge in [0.05, 0.1) is 23.4 Å². The Bertz CT molecular complexity index is 3440. The third-order valence-electron chi connectivity index (χ3n) is 31.3. The average molecular weight is 1700 g/mol. The van der Waals surface area contributed by atoms with Crippen LogP contribution < -0.4 is 0 Å². The highest BCUT2D eigenvalue weighted by Gasteiger charge is 2.56. The quantitative estimate of drug-likeness (QED) is 0.0359. The molecule has 0 amide bonds. The van der Waals surface area contributed by atoms with Crippen LogP contribution in [-0.2, 0) is 85.7 Å². The third kappa shape index (κ3) is 27.9. The molecule has 4 unspecified atom stereocenters. The van der Waals surface area contributed by atoms with Crippen molar-refractivity contribution in [1.29, 1.82) is 0 Å². The lowest BCUT2D eigenvalue weighted by atomic mass is 9.54. The molecule has 686 valence electrons. The van der Waals surface area contributed by atoms with Crippen LogP contribution in [0.15, 0.2) is 86.1 Å². The van der Waals surface area contributed by atoms with Crippen molar-refractivity contribution in [1.82, 2.24) is 0 Å². The molecule has 0 aliphatic heterocycles. The van der Waals surface area contributed by atoms with Crippen molar-refractivity contribution in [3.8, 4) is 0 Å². The zero-order chi connectivity index (χ0) is 88.6. The van der Waals surface area contributed by atoms with E-state index in [1.165, 1.54) is 230 Å². The first-order valence-corrected chi connectivity index (χ1v) is 48.4. The Morgan fingerprint density at radius 2 is 0.607 bits per heavy atom. The Morgan fingerprint density at radius 3 is 0.926 bits per heavy atom. The molecule has 122 heavy (non-hydrogen) atoms. The summed E-state index contributed by atoms with van der Waals surface area (Å²) < 4.78 is 62.2. The highest BCUT2D eigenvalue weighted by atomic mass is 16.7. The van der Waals surface area contributed by atoms with Crippen LogP contribution in [0.25, 0.3) is 0 Å². The summed E-state index contributed by atoms with van der Waals surface area (Å²) in [5.74, 6) is 11.0. The Kier molecular flexibility index (Phi) is 35.8. The summed E-state index contributed by atoms with van der Waals surface area (Å²) in [6.45, 7) is 49.0. The van der Waals surface area contributed by atoms with Crippen molar-refractivity contribution in [2.24, 2.45) is 101 Å². The van der Waals surface area contributed by atoms with E-state index in [-0.39, 0.29) is 57.9 Å². The van der Waals surface area contributed by atoms with E-state index >= 15 is 0 Å². The largest absolute Gasteiger partial charge is 0.456 e. The molecular formula is C104H162O18. The fourth-order valence-electron chi connectivity index (χ4n) is 26.8. The molecule has 18 nitrogen and oxygen atoms in total. The summed E-state index contributed by atoms with van der Waals surface area (Å²) >= 11 is 0. The van der Waals surface area contributed by atoms with Crippen LogP contribution in [0.4, 0.5) is 0 Å². The number of carbonyl (C=O) groups is 7. The maximum atomic E-state index is 12.1. The van der Waals surface area contributed by atoms with E-state index in [0.29, 0.717) is 81.5 Å². The van der Waals surface area contributed by atoms with Crippen LogP contribution in [0.2, 0.25) is 0 Å². The Morgan fingerprint density at radius 1 is 0.336 bits per heavy atom. The number of hydrogen-bond acceptors (Lipinski definition) is 18. The molecule has 0 aromatic rings. The molecule has 0 heterocycles. The van der Waals surface area contributed by atoms with Gasteiger partial charge in [0.25, 0.3) is 0 Å². The summed E-state index contributed by atoms with van der Waals surface area (Å²) in [5, 5.41) is 0. The molecule has 20 rings (SSSR count). The zero-order valence-corrected chi connectivity index (χ0v) is 77.9. The fraction of sp³-hybridized carbons (Fsp3) is 0.798. The van der Waals surface area contributed by atoms with Gasteiger partial charge in [-0.25, -0.2) is 33.6 Å². The maximum Gasteiger partial charge on any atom is 0.335 e. The molecule has 0 saturated heterocycles. The van der Waals surface area contributed by atoms with E-state index < -0.39 is 37.1 Å². The van der Waals surface area contributed by atoms with Crippen molar-refractivity contribution in [2.75, 3.05) is 0 Å². The molecule has 20 fully saturated rings. The zero-order valence-electron chi connectivity index (χ0n) is 77.9. The van der Waals surface area contributed by atoms with Gasteiger partial charge in [0.2, 0.25) is 25.2 Å². The maximum absolute atomic E-state index is 12.1. The van der Waals surface area contributed by atoms with Gasteiger partial charge in [0.15, 0.2) is 0 Å². The molecule has 20 aliphatic carbocycles. The summed E-state index contributed by atoms with van der Waals surface area (Å²) in [6.07, 6.45) is 54.4. The third-order valence-corrected chi connectivity index (χ3v) is 31.3. The van der Waals surface area contributed by atoms with Gasteiger partial charge in [-0.3, -0.25) is 0 Å². The number of rotatable bonds is 25. The minimum Gasteiger partial charge on any atom is -0.456 e. The monoisotopic (exact) mass is 1700 g/mol. The summed E-state index contributed by atoms with van der Waals surface area (Å²) in [7, 11) is 0. The van der Waals surface area contributed by atoms with Crippen LogP contribution in [0.3, 0.4) is 0 Å². The van der Waals surface area contributed by atoms with E-state index in [9.17, 15) is 33.6 Å². The Hall–Kier alpha value is -5.69. The second kappa shape index (κ2) is 44.4.